The van der Waals surface area contributed by atoms with Crippen molar-refractivity contribution in [2.45, 2.75) is 45.4 Å². The van der Waals surface area contributed by atoms with Crippen molar-refractivity contribution < 1.29 is 4.79 Å². The van der Waals surface area contributed by atoms with E-state index in [-0.39, 0.29) is 36.1 Å². The largest absolute Gasteiger partial charge is 0.356 e. The van der Waals surface area contributed by atoms with Gasteiger partial charge in [0.2, 0.25) is 5.91 Å². The monoisotopic (exact) mass is 341 g/mol. The molecule has 0 aliphatic heterocycles. The first-order valence-corrected chi connectivity index (χ1v) is 7.23. The predicted octanol–water partition coefficient (Wildman–Crippen LogP) is 2.68. The lowest BCUT2D eigenvalue weighted by atomic mass is 9.98. The second-order valence-corrected chi connectivity index (χ2v) is 6.27. The van der Waals surface area contributed by atoms with Gasteiger partial charge in [0, 0.05) is 17.3 Å². The third-order valence-electron chi connectivity index (χ3n) is 2.49. The highest BCUT2D eigenvalue weighted by atomic mass is 35.5. The van der Waals surface area contributed by atoms with Crippen LogP contribution in [-0.4, -0.2) is 24.0 Å². The zero-order valence-corrected chi connectivity index (χ0v) is 14.7. The zero-order valence-electron chi connectivity index (χ0n) is 12.3. The van der Waals surface area contributed by atoms with Gasteiger partial charge in [0.05, 0.1) is 17.1 Å². The minimum Gasteiger partial charge on any atom is -0.356 e. The standard InChI is InChI=1S/C13H23N3OS.2ClH/c1-13(2,3)12-16-10(9-18-12)8-11(17)15-7-5-4-6-14;;/h9H,4-8,14H2,1-3H3,(H,15,17);2*1H. The summed E-state index contributed by atoms with van der Waals surface area (Å²) in [6.07, 6.45) is 2.26. The summed E-state index contributed by atoms with van der Waals surface area (Å²) in [6.45, 7) is 7.76. The molecule has 0 aromatic carbocycles. The number of carbonyl (C=O) groups is 1. The molecule has 1 amide bonds. The summed E-state index contributed by atoms with van der Waals surface area (Å²) in [5.74, 6) is 0.0396. The van der Waals surface area contributed by atoms with Gasteiger partial charge < -0.3 is 11.1 Å². The van der Waals surface area contributed by atoms with Crippen LogP contribution in [0.1, 0.15) is 44.3 Å². The Morgan fingerprint density at radius 1 is 1.35 bits per heavy atom. The van der Waals surface area contributed by atoms with E-state index in [0.29, 0.717) is 19.5 Å². The van der Waals surface area contributed by atoms with E-state index in [1.165, 1.54) is 0 Å². The summed E-state index contributed by atoms with van der Waals surface area (Å²) < 4.78 is 0. The van der Waals surface area contributed by atoms with Gasteiger partial charge in [-0.3, -0.25) is 4.79 Å². The molecule has 0 fully saturated rings. The van der Waals surface area contributed by atoms with Crippen LogP contribution in [0.3, 0.4) is 0 Å². The average molecular weight is 342 g/mol. The van der Waals surface area contributed by atoms with Gasteiger partial charge in [0.15, 0.2) is 0 Å². The van der Waals surface area contributed by atoms with Crippen LogP contribution in [-0.2, 0) is 16.6 Å². The number of carbonyl (C=O) groups excluding carboxylic acids is 1. The number of nitrogens with two attached hydrogens (primary N) is 1. The smallest absolute Gasteiger partial charge is 0.226 e. The van der Waals surface area contributed by atoms with E-state index in [9.17, 15) is 4.79 Å². The van der Waals surface area contributed by atoms with Crippen molar-refractivity contribution in [2.75, 3.05) is 13.1 Å². The number of nitrogens with zero attached hydrogens (tertiary/aromatic N) is 1. The summed E-state index contributed by atoms with van der Waals surface area (Å²) in [6, 6.07) is 0. The summed E-state index contributed by atoms with van der Waals surface area (Å²) in [5, 5.41) is 5.93. The maximum atomic E-state index is 11.7. The molecule has 0 aliphatic rings. The number of thiazole rings is 1. The zero-order chi connectivity index (χ0) is 13.6. The van der Waals surface area contributed by atoms with Gasteiger partial charge in [-0.2, -0.15) is 0 Å². The van der Waals surface area contributed by atoms with Crippen LogP contribution in [0.4, 0.5) is 0 Å². The third-order valence-corrected chi connectivity index (χ3v) is 3.80. The lowest BCUT2D eigenvalue weighted by Gasteiger charge is -2.13. The first-order chi connectivity index (χ1) is 8.43. The van der Waals surface area contributed by atoms with Crippen molar-refractivity contribution >= 4 is 42.1 Å². The molecule has 1 rings (SSSR count). The molecule has 0 bridgehead atoms. The van der Waals surface area contributed by atoms with Crippen molar-refractivity contribution in [1.82, 2.24) is 10.3 Å². The van der Waals surface area contributed by atoms with Gasteiger partial charge in [0.25, 0.3) is 0 Å². The number of nitrogens with one attached hydrogen (secondary N) is 1. The molecule has 4 nitrogen and oxygen atoms in total. The van der Waals surface area contributed by atoms with E-state index in [0.717, 1.165) is 23.5 Å². The molecule has 3 N–H and O–H groups in total. The number of unbranched alkanes of at least 4 members (excludes halogenated alkanes) is 1. The molecule has 0 saturated heterocycles. The Kier molecular flexibility index (Phi) is 11.4. The van der Waals surface area contributed by atoms with Crippen LogP contribution in [0, 0.1) is 0 Å². The van der Waals surface area contributed by atoms with E-state index >= 15 is 0 Å². The summed E-state index contributed by atoms with van der Waals surface area (Å²) in [5.41, 5.74) is 6.31. The van der Waals surface area contributed by atoms with Crippen LogP contribution in [0.15, 0.2) is 5.38 Å². The molecule has 0 unspecified atom stereocenters. The van der Waals surface area contributed by atoms with Gasteiger partial charge in [-0.15, -0.1) is 36.2 Å². The highest BCUT2D eigenvalue weighted by molar-refractivity contribution is 7.09. The Morgan fingerprint density at radius 3 is 2.50 bits per heavy atom. The summed E-state index contributed by atoms with van der Waals surface area (Å²) in [4.78, 5) is 16.2. The van der Waals surface area contributed by atoms with Crippen LogP contribution >= 0.6 is 36.2 Å². The minimum absolute atomic E-state index is 0. The van der Waals surface area contributed by atoms with Crippen LogP contribution < -0.4 is 11.1 Å². The van der Waals surface area contributed by atoms with Gasteiger partial charge in [-0.1, -0.05) is 20.8 Å². The predicted molar refractivity (Wildman–Crippen MR) is 90.3 cm³/mol. The summed E-state index contributed by atoms with van der Waals surface area (Å²) >= 11 is 1.62. The number of halogens is 2. The number of aromatic nitrogens is 1. The molecule has 0 atom stereocenters. The maximum Gasteiger partial charge on any atom is 0.226 e. The topological polar surface area (TPSA) is 68.0 Å². The lowest BCUT2D eigenvalue weighted by molar-refractivity contribution is -0.120. The lowest BCUT2D eigenvalue weighted by Crippen LogP contribution is -2.26. The fourth-order valence-corrected chi connectivity index (χ4v) is 2.36. The second kappa shape index (κ2) is 10.4. The number of hydrogen-bond donors (Lipinski definition) is 2. The number of rotatable bonds is 6. The Bertz CT molecular complexity index is 391. The molecule has 0 spiro atoms. The Hall–Kier alpha value is -0.360. The molecule has 1 heterocycles. The van der Waals surface area contributed by atoms with E-state index in [4.69, 9.17) is 5.73 Å². The molecule has 1 aromatic heterocycles. The van der Waals surface area contributed by atoms with Crippen molar-refractivity contribution in [3.63, 3.8) is 0 Å². The van der Waals surface area contributed by atoms with Crippen molar-refractivity contribution in [3.8, 4) is 0 Å². The van der Waals surface area contributed by atoms with Gasteiger partial charge in [0.1, 0.15) is 0 Å². The van der Waals surface area contributed by atoms with Crippen molar-refractivity contribution in [1.29, 1.82) is 0 Å². The molecular weight excluding hydrogens is 317 g/mol. The SMILES string of the molecule is CC(C)(C)c1nc(CC(=O)NCCCCN)cs1.Cl.Cl. The average Bonchev–Trinajstić information content (AvgIpc) is 2.72. The molecule has 0 aliphatic carbocycles. The Balaban J connectivity index is 0. The number of hydrogen-bond acceptors (Lipinski definition) is 4. The van der Waals surface area contributed by atoms with Crippen LogP contribution in [0.2, 0.25) is 0 Å². The van der Waals surface area contributed by atoms with Crippen molar-refractivity contribution in [2.24, 2.45) is 5.73 Å². The van der Waals surface area contributed by atoms with E-state index in [2.05, 4.69) is 31.1 Å². The minimum atomic E-state index is 0. The quantitative estimate of drug-likeness (QED) is 0.781. The highest BCUT2D eigenvalue weighted by Crippen LogP contribution is 2.25. The van der Waals surface area contributed by atoms with Gasteiger partial charge in [-0.25, -0.2) is 4.98 Å². The van der Waals surface area contributed by atoms with Crippen molar-refractivity contribution in [3.05, 3.63) is 16.1 Å². The fourth-order valence-electron chi connectivity index (χ4n) is 1.46. The molecule has 0 saturated carbocycles. The third kappa shape index (κ3) is 8.04. The highest BCUT2D eigenvalue weighted by Gasteiger charge is 2.18. The van der Waals surface area contributed by atoms with E-state index in [1.54, 1.807) is 11.3 Å². The first-order valence-electron chi connectivity index (χ1n) is 6.35. The number of amides is 1. The van der Waals surface area contributed by atoms with E-state index < -0.39 is 0 Å². The molecule has 1 aromatic rings. The van der Waals surface area contributed by atoms with Crippen LogP contribution in [0.25, 0.3) is 0 Å². The maximum absolute atomic E-state index is 11.7. The Labute approximate surface area is 137 Å². The molecule has 118 valence electrons. The molecule has 20 heavy (non-hydrogen) atoms. The normalized spacial score (nSPS) is 10.4. The second-order valence-electron chi connectivity index (χ2n) is 5.42. The Morgan fingerprint density at radius 2 is 2.00 bits per heavy atom. The van der Waals surface area contributed by atoms with Gasteiger partial charge in [-0.05, 0) is 19.4 Å². The fraction of sp³-hybridized carbons (Fsp3) is 0.692. The van der Waals surface area contributed by atoms with E-state index in [1.807, 2.05) is 5.38 Å². The molecule has 0 radical (unpaired) electrons. The van der Waals surface area contributed by atoms with Crippen LogP contribution in [0.5, 0.6) is 0 Å². The molecular formula is C13H25Cl2N3OS. The first kappa shape index (κ1) is 21.9. The summed E-state index contributed by atoms with van der Waals surface area (Å²) in [7, 11) is 0. The molecule has 7 heteroatoms. The van der Waals surface area contributed by atoms with Gasteiger partial charge >= 0.3 is 0 Å².